The van der Waals surface area contributed by atoms with E-state index in [0.717, 1.165) is 19.4 Å². The van der Waals surface area contributed by atoms with Gasteiger partial charge in [-0.2, -0.15) is 10.2 Å². The molecule has 2 aliphatic heterocycles. The monoisotopic (exact) mass is 493 g/mol. The van der Waals surface area contributed by atoms with Gasteiger partial charge < -0.3 is 14.5 Å². The number of ether oxygens (including phenoxy) is 1. The second kappa shape index (κ2) is 10.4. The first-order chi connectivity index (χ1) is 16.3. The average molecular weight is 494 g/mol. The summed E-state index contributed by atoms with van der Waals surface area (Å²) in [6.45, 7) is 2.30. The Morgan fingerprint density at radius 3 is 2.71 bits per heavy atom. The first-order valence-electron chi connectivity index (χ1n) is 10.9. The molecule has 1 unspecified atom stereocenters. The lowest BCUT2D eigenvalue weighted by Crippen LogP contribution is -2.46. The van der Waals surface area contributed by atoms with E-state index in [1.807, 2.05) is 4.90 Å². The summed E-state index contributed by atoms with van der Waals surface area (Å²) in [5, 5.41) is 8.86. The summed E-state index contributed by atoms with van der Waals surface area (Å²) in [6.07, 6.45) is -0.945. The standard InChI is InChI=1S/C23H23ClF3N5O2/c24-19-13-16(8-9-17(19)18-5-1-2-6-20(18)34-23(25,26)27)29-30-21-7-3-4-11-32(21)22(33)14-31-12-10-28-15-31/h1-2,5-6,8-9,13,15,21H,3-4,7,10-12,14H2. The van der Waals surface area contributed by atoms with E-state index >= 15 is 0 Å². The Morgan fingerprint density at radius 2 is 1.97 bits per heavy atom. The topological polar surface area (TPSA) is 69.9 Å². The van der Waals surface area contributed by atoms with Crippen molar-refractivity contribution in [3.63, 3.8) is 0 Å². The Morgan fingerprint density at radius 1 is 1.15 bits per heavy atom. The normalized spacial score (nSPS) is 18.6. The van der Waals surface area contributed by atoms with Crippen molar-refractivity contribution in [2.24, 2.45) is 15.2 Å². The van der Waals surface area contributed by atoms with Crippen molar-refractivity contribution >= 4 is 29.5 Å². The van der Waals surface area contributed by atoms with Crippen molar-refractivity contribution in [3.8, 4) is 16.9 Å². The third-order valence-electron chi connectivity index (χ3n) is 5.55. The SMILES string of the molecule is O=C(CN1C=NCC1)N1CCCCC1N=Nc1ccc(-c2ccccc2OC(F)(F)F)c(Cl)c1. The van der Waals surface area contributed by atoms with Gasteiger partial charge in [-0.15, -0.1) is 13.2 Å². The highest BCUT2D eigenvalue weighted by molar-refractivity contribution is 6.33. The van der Waals surface area contributed by atoms with Gasteiger partial charge in [-0.1, -0.05) is 35.9 Å². The highest BCUT2D eigenvalue weighted by Crippen LogP contribution is 2.38. The van der Waals surface area contributed by atoms with E-state index in [9.17, 15) is 18.0 Å². The molecule has 0 aromatic heterocycles. The lowest BCUT2D eigenvalue weighted by atomic mass is 10.0. The van der Waals surface area contributed by atoms with Gasteiger partial charge in [0.15, 0.2) is 0 Å². The van der Waals surface area contributed by atoms with Crippen LogP contribution in [0.4, 0.5) is 18.9 Å². The quantitative estimate of drug-likeness (QED) is 0.487. The Kier molecular flexibility index (Phi) is 7.35. The number of piperidine rings is 1. The Balaban J connectivity index is 1.49. The summed E-state index contributed by atoms with van der Waals surface area (Å²) in [4.78, 5) is 20.5. The third-order valence-corrected chi connectivity index (χ3v) is 5.87. The molecule has 2 aromatic carbocycles. The fourth-order valence-corrected chi connectivity index (χ4v) is 4.22. The molecule has 1 fully saturated rings. The van der Waals surface area contributed by atoms with Crippen molar-refractivity contribution in [3.05, 3.63) is 47.5 Å². The number of azo groups is 1. The zero-order valence-corrected chi connectivity index (χ0v) is 19.0. The number of benzene rings is 2. The highest BCUT2D eigenvalue weighted by Gasteiger charge is 2.32. The van der Waals surface area contributed by atoms with E-state index in [4.69, 9.17) is 11.6 Å². The van der Waals surface area contributed by atoms with E-state index in [1.54, 1.807) is 29.4 Å². The molecule has 11 heteroatoms. The minimum atomic E-state index is -4.82. The van der Waals surface area contributed by atoms with Crippen LogP contribution in [0, 0.1) is 0 Å². The number of alkyl halides is 3. The summed E-state index contributed by atoms with van der Waals surface area (Å²) >= 11 is 6.38. The number of carbonyl (C=O) groups excluding carboxylic acids is 1. The van der Waals surface area contributed by atoms with E-state index in [1.165, 1.54) is 24.3 Å². The number of hydrogen-bond donors (Lipinski definition) is 0. The molecular formula is C23H23ClF3N5O2. The summed E-state index contributed by atoms with van der Waals surface area (Å²) in [5.74, 6) is -0.364. The molecular weight excluding hydrogens is 471 g/mol. The molecule has 0 saturated carbocycles. The van der Waals surface area contributed by atoms with Gasteiger partial charge in [0.05, 0.1) is 30.1 Å². The molecule has 0 spiro atoms. The van der Waals surface area contributed by atoms with Crippen LogP contribution in [-0.4, -0.2) is 60.8 Å². The molecule has 2 aromatic rings. The number of nitrogens with zero attached hydrogens (tertiary/aromatic N) is 5. The number of carbonyl (C=O) groups is 1. The van der Waals surface area contributed by atoms with Crippen molar-refractivity contribution in [2.45, 2.75) is 31.8 Å². The van der Waals surface area contributed by atoms with E-state index in [2.05, 4.69) is 20.0 Å². The molecule has 0 aliphatic carbocycles. The molecule has 180 valence electrons. The number of rotatable bonds is 6. The molecule has 1 atom stereocenters. The number of halogens is 4. The van der Waals surface area contributed by atoms with Crippen LogP contribution in [-0.2, 0) is 4.79 Å². The van der Waals surface area contributed by atoms with Gasteiger partial charge >= 0.3 is 6.36 Å². The summed E-state index contributed by atoms with van der Waals surface area (Å²) in [7, 11) is 0. The Bertz CT molecular complexity index is 1090. The van der Waals surface area contributed by atoms with Crippen LogP contribution < -0.4 is 4.74 Å². The van der Waals surface area contributed by atoms with Gasteiger partial charge in [0.2, 0.25) is 5.91 Å². The van der Waals surface area contributed by atoms with Gasteiger partial charge in [0, 0.05) is 24.2 Å². The third kappa shape index (κ3) is 6.05. The summed E-state index contributed by atoms with van der Waals surface area (Å²) in [6, 6.07) is 10.5. The average Bonchev–Trinajstić information content (AvgIpc) is 3.30. The minimum absolute atomic E-state index is 0.0216. The lowest BCUT2D eigenvalue weighted by Gasteiger charge is -2.33. The van der Waals surface area contributed by atoms with Gasteiger partial charge in [-0.3, -0.25) is 9.79 Å². The van der Waals surface area contributed by atoms with Gasteiger partial charge in [-0.05, 0) is 37.5 Å². The maximum absolute atomic E-state index is 12.8. The number of aliphatic imine (C=N–C) groups is 1. The van der Waals surface area contributed by atoms with E-state index in [0.29, 0.717) is 30.8 Å². The van der Waals surface area contributed by atoms with Crippen LogP contribution in [0.1, 0.15) is 19.3 Å². The molecule has 2 aliphatic rings. The molecule has 1 amide bonds. The smallest absolute Gasteiger partial charge is 0.405 e. The van der Waals surface area contributed by atoms with E-state index in [-0.39, 0.29) is 35.0 Å². The molecule has 1 saturated heterocycles. The second-order valence-electron chi connectivity index (χ2n) is 7.98. The fourth-order valence-electron chi connectivity index (χ4n) is 3.95. The van der Waals surface area contributed by atoms with Crippen LogP contribution in [0.25, 0.3) is 11.1 Å². The number of amides is 1. The molecule has 34 heavy (non-hydrogen) atoms. The predicted octanol–water partition coefficient (Wildman–Crippen LogP) is 5.67. The first-order valence-corrected chi connectivity index (χ1v) is 11.3. The molecule has 0 radical (unpaired) electrons. The maximum Gasteiger partial charge on any atom is 0.573 e. The summed E-state index contributed by atoms with van der Waals surface area (Å²) < 4.78 is 42.4. The molecule has 0 bridgehead atoms. The van der Waals surface area contributed by atoms with Gasteiger partial charge in [-0.25, -0.2) is 0 Å². The lowest BCUT2D eigenvalue weighted by molar-refractivity contribution is -0.274. The molecule has 2 heterocycles. The van der Waals surface area contributed by atoms with Crippen LogP contribution in [0.2, 0.25) is 5.02 Å². The van der Waals surface area contributed by atoms with Crippen LogP contribution in [0.5, 0.6) is 5.75 Å². The highest BCUT2D eigenvalue weighted by atomic mass is 35.5. The van der Waals surface area contributed by atoms with Crippen LogP contribution >= 0.6 is 11.6 Å². The molecule has 0 N–H and O–H groups in total. The van der Waals surface area contributed by atoms with Gasteiger partial charge in [0.25, 0.3) is 0 Å². The summed E-state index contributed by atoms with van der Waals surface area (Å²) in [5.41, 5.74) is 1.03. The number of para-hydroxylation sites is 1. The van der Waals surface area contributed by atoms with Crippen molar-refractivity contribution in [1.29, 1.82) is 0 Å². The maximum atomic E-state index is 12.8. The zero-order valence-electron chi connectivity index (χ0n) is 18.2. The van der Waals surface area contributed by atoms with E-state index < -0.39 is 6.36 Å². The number of hydrogen-bond acceptors (Lipinski definition) is 6. The fraction of sp³-hybridized carbons (Fsp3) is 0.391. The molecule has 4 rings (SSSR count). The van der Waals surface area contributed by atoms with Crippen molar-refractivity contribution in [2.75, 3.05) is 26.2 Å². The second-order valence-corrected chi connectivity index (χ2v) is 8.39. The first kappa shape index (κ1) is 24.0. The Labute approximate surface area is 199 Å². The largest absolute Gasteiger partial charge is 0.573 e. The minimum Gasteiger partial charge on any atom is -0.405 e. The number of likely N-dealkylation sites (tertiary alicyclic amines) is 1. The van der Waals surface area contributed by atoms with Crippen LogP contribution in [0.15, 0.2) is 57.7 Å². The molecule has 7 nitrogen and oxygen atoms in total. The zero-order chi connectivity index (χ0) is 24.1. The Hall–Kier alpha value is -3.14. The van der Waals surface area contributed by atoms with Gasteiger partial charge in [0.1, 0.15) is 11.9 Å². The van der Waals surface area contributed by atoms with Crippen molar-refractivity contribution in [1.82, 2.24) is 9.80 Å². The van der Waals surface area contributed by atoms with Crippen LogP contribution in [0.3, 0.4) is 0 Å². The predicted molar refractivity (Wildman–Crippen MR) is 122 cm³/mol. The van der Waals surface area contributed by atoms with Crippen molar-refractivity contribution < 1.29 is 22.7 Å².